The lowest BCUT2D eigenvalue weighted by Gasteiger charge is -2.33. The topological polar surface area (TPSA) is 58.2 Å². The Balaban J connectivity index is 1.43. The van der Waals surface area contributed by atoms with E-state index in [1.807, 2.05) is 41.4 Å². The van der Waals surface area contributed by atoms with E-state index in [0.717, 1.165) is 37.7 Å². The lowest BCUT2D eigenvalue weighted by Crippen LogP contribution is -2.45. The molecule has 0 spiro atoms. The van der Waals surface area contributed by atoms with Gasteiger partial charge in [0.05, 0.1) is 6.20 Å². The molecule has 1 heterocycles. The first kappa shape index (κ1) is 14.3. The van der Waals surface area contributed by atoms with Crippen LogP contribution in [0.4, 0.5) is 4.79 Å². The summed E-state index contributed by atoms with van der Waals surface area (Å²) in [6, 6.07) is 10.4. The van der Waals surface area contributed by atoms with E-state index in [9.17, 15) is 4.79 Å². The number of hydrogen-bond donors (Lipinski definition) is 1. The predicted molar refractivity (Wildman–Crippen MR) is 85.9 cm³/mol. The van der Waals surface area contributed by atoms with Crippen LogP contribution in [0.15, 0.2) is 36.5 Å². The molecule has 0 bridgehead atoms. The molecule has 4 rings (SSSR count). The molecule has 2 aliphatic carbocycles. The lowest BCUT2D eigenvalue weighted by molar-refractivity contribution is 0.0736. The van der Waals surface area contributed by atoms with Gasteiger partial charge in [0.1, 0.15) is 6.61 Å². The highest BCUT2D eigenvalue weighted by Crippen LogP contribution is 2.33. The second-order valence-corrected chi connectivity index (χ2v) is 6.45. The molecule has 1 saturated carbocycles. The summed E-state index contributed by atoms with van der Waals surface area (Å²) >= 11 is 0. The van der Waals surface area contributed by atoms with Crippen LogP contribution in [0.1, 0.15) is 36.1 Å². The van der Waals surface area contributed by atoms with Crippen LogP contribution in [0.25, 0.3) is 0 Å². The number of carbonyl (C=O) groups excluding carboxylic acids is 1. The Morgan fingerprint density at radius 3 is 2.83 bits per heavy atom. The summed E-state index contributed by atoms with van der Waals surface area (Å²) in [6.07, 6.45) is 6.71. The normalized spacial score (nSPS) is 19.9. The number of fused-ring (bicyclic) bond motifs is 1. The molecule has 0 aliphatic heterocycles. The fourth-order valence-electron chi connectivity index (χ4n) is 3.38. The lowest BCUT2D eigenvalue weighted by atomic mass is 9.92. The van der Waals surface area contributed by atoms with E-state index in [-0.39, 0.29) is 12.1 Å². The Bertz CT molecular complexity index is 679. The Hall–Kier alpha value is -2.30. The van der Waals surface area contributed by atoms with Crippen molar-refractivity contribution in [3.8, 4) is 0 Å². The summed E-state index contributed by atoms with van der Waals surface area (Å²) in [5, 5.41) is 7.17. The molecule has 2 aliphatic rings. The molecule has 1 amide bonds. The Morgan fingerprint density at radius 2 is 2.04 bits per heavy atom. The molecular formula is C18H21N3O2. The number of aryl methyl sites for hydroxylation is 1. The largest absolute Gasteiger partial charge is 0.445 e. The number of ether oxygens (including phenoxy) is 1. The maximum absolute atomic E-state index is 12.6. The molecule has 5 nitrogen and oxygen atoms in total. The molecule has 2 aromatic rings. The van der Waals surface area contributed by atoms with E-state index >= 15 is 0 Å². The van der Waals surface area contributed by atoms with Gasteiger partial charge in [0.2, 0.25) is 0 Å². The van der Waals surface area contributed by atoms with Crippen LogP contribution < -0.4 is 0 Å². The molecule has 120 valence electrons. The Labute approximate surface area is 135 Å². The van der Waals surface area contributed by atoms with Gasteiger partial charge in [0.15, 0.2) is 0 Å². The van der Waals surface area contributed by atoms with Crippen LogP contribution in [0, 0.1) is 0 Å². The molecule has 1 atom stereocenters. The maximum Gasteiger partial charge on any atom is 0.410 e. The van der Waals surface area contributed by atoms with Gasteiger partial charge in [0.25, 0.3) is 0 Å². The smallest absolute Gasteiger partial charge is 0.410 e. The van der Waals surface area contributed by atoms with Crippen LogP contribution in [0.2, 0.25) is 0 Å². The number of aromatic nitrogens is 2. The number of rotatable bonds is 4. The zero-order valence-electron chi connectivity index (χ0n) is 13.1. The first-order chi connectivity index (χ1) is 11.3. The van der Waals surface area contributed by atoms with Crippen molar-refractivity contribution in [2.75, 3.05) is 0 Å². The second-order valence-electron chi connectivity index (χ2n) is 6.45. The van der Waals surface area contributed by atoms with Gasteiger partial charge in [-0.2, -0.15) is 5.10 Å². The fraction of sp³-hybridized carbons (Fsp3) is 0.444. The number of hydrogen-bond acceptors (Lipinski definition) is 3. The van der Waals surface area contributed by atoms with Crippen LogP contribution in [0.5, 0.6) is 0 Å². The van der Waals surface area contributed by atoms with Crippen LogP contribution in [0.3, 0.4) is 0 Å². The minimum Gasteiger partial charge on any atom is -0.445 e. The number of amides is 1. The molecule has 1 aromatic carbocycles. The summed E-state index contributed by atoms with van der Waals surface area (Å²) in [4.78, 5) is 14.6. The summed E-state index contributed by atoms with van der Waals surface area (Å²) in [5.41, 5.74) is 3.48. The molecule has 23 heavy (non-hydrogen) atoms. The van der Waals surface area contributed by atoms with Crippen molar-refractivity contribution in [3.63, 3.8) is 0 Å². The number of aromatic amines is 1. The number of benzene rings is 1. The number of nitrogens with one attached hydrogen (secondary N) is 1. The van der Waals surface area contributed by atoms with Gasteiger partial charge in [-0.15, -0.1) is 0 Å². The number of H-pyrrole nitrogens is 1. The minimum absolute atomic E-state index is 0.173. The van der Waals surface area contributed by atoms with Gasteiger partial charge >= 0.3 is 6.09 Å². The zero-order chi connectivity index (χ0) is 15.6. The first-order valence-corrected chi connectivity index (χ1v) is 8.31. The van der Waals surface area contributed by atoms with Gasteiger partial charge in [-0.3, -0.25) is 5.10 Å². The van der Waals surface area contributed by atoms with Crippen molar-refractivity contribution in [1.29, 1.82) is 0 Å². The molecule has 5 heteroatoms. The monoisotopic (exact) mass is 311 g/mol. The third-order valence-corrected chi connectivity index (χ3v) is 4.74. The van der Waals surface area contributed by atoms with Crippen molar-refractivity contribution >= 4 is 6.09 Å². The minimum atomic E-state index is -0.173. The first-order valence-electron chi connectivity index (χ1n) is 8.31. The molecule has 1 unspecified atom stereocenters. The zero-order valence-corrected chi connectivity index (χ0v) is 13.1. The Morgan fingerprint density at radius 1 is 1.22 bits per heavy atom. The fourth-order valence-corrected chi connectivity index (χ4v) is 3.38. The van der Waals surface area contributed by atoms with E-state index in [1.165, 1.54) is 11.3 Å². The Kier molecular flexibility index (Phi) is 3.77. The predicted octanol–water partition coefficient (Wildman–Crippen LogP) is 3.07. The van der Waals surface area contributed by atoms with E-state index < -0.39 is 0 Å². The SMILES string of the molecule is O=C(OCc1ccccc1)N(C1CC1)C1CCc2[nH]ncc2C1. The van der Waals surface area contributed by atoms with Crippen molar-refractivity contribution in [3.05, 3.63) is 53.3 Å². The van der Waals surface area contributed by atoms with Crippen molar-refractivity contribution in [1.82, 2.24) is 15.1 Å². The highest BCUT2D eigenvalue weighted by molar-refractivity contribution is 5.69. The third-order valence-electron chi connectivity index (χ3n) is 4.74. The van der Waals surface area contributed by atoms with Gasteiger partial charge in [-0.05, 0) is 43.2 Å². The average Bonchev–Trinajstić information content (AvgIpc) is 3.30. The quantitative estimate of drug-likeness (QED) is 0.944. The van der Waals surface area contributed by atoms with Gasteiger partial charge in [-0.25, -0.2) is 4.79 Å². The number of nitrogens with zero attached hydrogens (tertiary/aromatic N) is 2. The summed E-state index contributed by atoms with van der Waals surface area (Å²) < 4.78 is 5.58. The van der Waals surface area contributed by atoms with Crippen LogP contribution >= 0.6 is 0 Å². The van der Waals surface area contributed by atoms with Crippen molar-refractivity contribution < 1.29 is 9.53 Å². The van der Waals surface area contributed by atoms with Gasteiger partial charge in [-0.1, -0.05) is 30.3 Å². The summed E-state index contributed by atoms with van der Waals surface area (Å²) in [7, 11) is 0. The summed E-state index contributed by atoms with van der Waals surface area (Å²) in [5.74, 6) is 0. The van der Waals surface area contributed by atoms with Crippen molar-refractivity contribution in [2.24, 2.45) is 0 Å². The summed E-state index contributed by atoms with van der Waals surface area (Å²) in [6.45, 7) is 0.340. The third kappa shape index (κ3) is 3.09. The van der Waals surface area contributed by atoms with Crippen LogP contribution in [-0.4, -0.2) is 33.3 Å². The van der Waals surface area contributed by atoms with Gasteiger partial charge < -0.3 is 9.64 Å². The molecule has 1 aromatic heterocycles. The van der Waals surface area contributed by atoms with E-state index in [4.69, 9.17) is 4.74 Å². The molecule has 1 N–H and O–H groups in total. The van der Waals surface area contributed by atoms with Crippen molar-refractivity contribution in [2.45, 2.75) is 50.8 Å². The van der Waals surface area contributed by atoms with Crippen LogP contribution in [-0.2, 0) is 24.2 Å². The second kappa shape index (κ2) is 6.07. The number of carbonyl (C=O) groups is 1. The maximum atomic E-state index is 12.6. The van der Waals surface area contributed by atoms with E-state index in [0.29, 0.717) is 12.6 Å². The van der Waals surface area contributed by atoms with Gasteiger partial charge in [0, 0.05) is 17.8 Å². The van der Waals surface area contributed by atoms with E-state index in [2.05, 4.69) is 10.2 Å². The highest BCUT2D eigenvalue weighted by Gasteiger charge is 2.39. The molecule has 1 fully saturated rings. The standard InChI is InChI=1S/C18H21N3O2/c22-18(23-12-13-4-2-1-3-5-13)21(15-6-7-15)16-8-9-17-14(10-16)11-19-20-17/h1-5,11,15-16H,6-10,12H2,(H,19,20). The molecule has 0 radical (unpaired) electrons. The highest BCUT2D eigenvalue weighted by atomic mass is 16.6. The molecular weight excluding hydrogens is 290 g/mol. The van der Waals surface area contributed by atoms with E-state index in [1.54, 1.807) is 0 Å². The average molecular weight is 311 g/mol. The molecule has 0 saturated heterocycles.